The number of nitrogens with one attached hydrogen (secondary N) is 1. The lowest BCUT2D eigenvalue weighted by Crippen LogP contribution is -2.31. The van der Waals surface area contributed by atoms with Crippen LogP contribution < -0.4 is 5.32 Å². The van der Waals surface area contributed by atoms with E-state index in [1.54, 1.807) is 19.1 Å². The van der Waals surface area contributed by atoms with Crippen LogP contribution in [0.2, 0.25) is 0 Å². The first-order chi connectivity index (χ1) is 8.61. The maximum Gasteiger partial charge on any atom is 0.325 e. The first kappa shape index (κ1) is 14.5. The highest BCUT2D eigenvalue weighted by molar-refractivity contribution is 8.00. The Morgan fingerprint density at radius 3 is 2.61 bits per heavy atom. The highest BCUT2D eigenvalue weighted by Crippen LogP contribution is 2.17. The van der Waals surface area contributed by atoms with Crippen molar-refractivity contribution < 1.29 is 18.7 Å². The number of halogens is 1. The third-order valence-corrected chi connectivity index (χ3v) is 2.93. The van der Waals surface area contributed by atoms with Crippen LogP contribution in [-0.4, -0.2) is 30.8 Å². The fourth-order valence-corrected chi connectivity index (χ4v) is 1.84. The van der Waals surface area contributed by atoms with Crippen molar-refractivity contribution in [1.29, 1.82) is 0 Å². The van der Waals surface area contributed by atoms with E-state index in [4.69, 9.17) is 0 Å². The van der Waals surface area contributed by atoms with Crippen LogP contribution in [0.3, 0.4) is 0 Å². The molecular formula is C12H14FNO3S. The zero-order valence-electron chi connectivity index (χ0n) is 9.94. The van der Waals surface area contributed by atoms with Gasteiger partial charge in [-0.2, -0.15) is 0 Å². The number of esters is 1. The maximum atomic E-state index is 12.6. The van der Waals surface area contributed by atoms with E-state index in [9.17, 15) is 14.0 Å². The van der Waals surface area contributed by atoms with Gasteiger partial charge in [0.15, 0.2) is 0 Å². The number of rotatable bonds is 6. The van der Waals surface area contributed by atoms with Crippen molar-refractivity contribution in [2.45, 2.75) is 11.8 Å². The molecule has 0 aliphatic carbocycles. The Morgan fingerprint density at radius 2 is 2.00 bits per heavy atom. The number of hydrogen-bond acceptors (Lipinski definition) is 4. The summed E-state index contributed by atoms with van der Waals surface area (Å²) in [5, 5.41) is 2.44. The molecule has 0 fully saturated rings. The lowest BCUT2D eigenvalue weighted by atomic mass is 10.4. The third-order valence-electron chi connectivity index (χ3n) is 1.92. The summed E-state index contributed by atoms with van der Waals surface area (Å²) in [4.78, 5) is 23.1. The molecule has 0 heterocycles. The van der Waals surface area contributed by atoms with Crippen molar-refractivity contribution in [2.75, 3.05) is 18.9 Å². The molecule has 1 N–H and O–H groups in total. The molecule has 1 aromatic rings. The van der Waals surface area contributed by atoms with Crippen molar-refractivity contribution in [3.63, 3.8) is 0 Å². The molecule has 1 rings (SSSR count). The molecule has 0 saturated heterocycles. The molecule has 0 spiro atoms. The zero-order valence-corrected chi connectivity index (χ0v) is 10.8. The molecule has 18 heavy (non-hydrogen) atoms. The number of carbonyl (C=O) groups excluding carboxylic acids is 2. The highest BCUT2D eigenvalue weighted by atomic mass is 32.2. The van der Waals surface area contributed by atoms with E-state index < -0.39 is 5.97 Å². The molecule has 0 aromatic heterocycles. The summed E-state index contributed by atoms with van der Waals surface area (Å²) in [6, 6.07) is 5.86. The van der Waals surface area contributed by atoms with Gasteiger partial charge < -0.3 is 10.1 Å². The first-order valence-corrected chi connectivity index (χ1v) is 6.41. The Balaban J connectivity index is 2.24. The summed E-state index contributed by atoms with van der Waals surface area (Å²) in [7, 11) is 0. The first-order valence-electron chi connectivity index (χ1n) is 5.42. The second-order valence-electron chi connectivity index (χ2n) is 3.32. The maximum absolute atomic E-state index is 12.6. The molecule has 1 amide bonds. The average molecular weight is 271 g/mol. The molecule has 0 bridgehead atoms. The van der Waals surface area contributed by atoms with Crippen LogP contribution in [0.4, 0.5) is 4.39 Å². The monoisotopic (exact) mass is 271 g/mol. The van der Waals surface area contributed by atoms with Gasteiger partial charge in [-0.15, -0.1) is 11.8 Å². The summed E-state index contributed by atoms with van der Waals surface area (Å²) >= 11 is 1.27. The summed E-state index contributed by atoms with van der Waals surface area (Å²) in [6.45, 7) is 1.86. The fourth-order valence-electron chi connectivity index (χ4n) is 1.11. The Bertz CT molecular complexity index is 408. The van der Waals surface area contributed by atoms with Crippen LogP contribution in [0.15, 0.2) is 29.2 Å². The number of carbonyl (C=O) groups is 2. The Hall–Kier alpha value is -1.56. The lowest BCUT2D eigenvalue weighted by Gasteiger charge is -2.04. The summed E-state index contributed by atoms with van der Waals surface area (Å²) in [5.41, 5.74) is 0. The predicted octanol–water partition coefficient (Wildman–Crippen LogP) is 1.60. The molecule has 0 aliphatic heterocycles. The van der Waals surface area contributed by atoms with Crippen LogP contribution >= 0.6 is 11.8 Å². The van der Waals surface area contributed by atoms with E-state index in [1.165, 1.54) is 23.9 Å². The molecule has 0 saturated carbocycles. The Labute approximate surface area is 109 Å². The molecule has 4 nitrogen and oxygen atoms in total. The standard InChI is InChI=1S/C12H14FNO3S/c1-2-17-12(16)7-14-11(15)8-18-10-5-3-9(13)4-6-10/h3-6H,2,7-8H2,1H3,(H,14,15). The van der Waals surface area contributed by atoms with Crippen molar-refractivity contribution >= 4 is 23.6 Å². The molecule has 0 aliphatic rings. The molecule has 0 atom stereocenters. The minimum Gasteiger partial charge on any atom is -0.465 e. The van der Waals surface area contributed by atoms with E-state index in [-0.39, 0.29) is 24.0 Å². The molecular weight excluding hydrogens is 257 g/mol. The van der Waals surface area contributed by atoms with E-state index in [0.717, 1.165) is 4.90 Å². The number of ether oxygens (including phenoxy) is 1. The highest BCUT2D eigenvalue weighted by Gasteiger charge is 2.06. The molecule has 6 heteroatoms. The molecule has 98 valence electrons. The quantitative estimate of drug-likeness (QED) is 0.630. The van der Waals surface area contributed by atoms with E-state index in [2.05, 4.69) is 10.1 Å². The second kappa shape index (κ2) is 7.71. The Morgan fingerprint density at radius 1 is 1.33 bits per heavy atom. The average Bonchev–Trinajstić information content (AvgIpc) is 2.36. The van der Waals surface area contributed by atoms with E-state index >= 15 is 0 Å². The third kappa shape index (κ3) is 5.67. The van der Waals surface area contributed by atoms with Gasteiger partial charge in [0.05, 0.1) is 12.4 Å². The largest absolute Gasteiger partial charge is 0.465 e. The van der Waals surface area contributed by atoms with Gasteiger partial charge >= 0.3 is 5.97 Å². The smallest absolute Gasteiger partial charge is 0.325 e. The van der Waals surface area contributed by atoms with Crippen molar-refractivity contribution in [3.05, 3.63) is 30.1 Å². The number of hydrogen-bond donors (Lipinski definition) is 1. The van der Waals surface area contributed by atoms with Gasteiger partial charge in [0.25, 0.3) is 0 Å². The van der Waals surface area contributed by atoms with Crippen LogP contribution in [0.1, 0.15) is 6.92 Å². The lowest BCUT2D eigenvalue weighted by molar-refractivity contribution is -0.143. The summed E-state index contributed by atoms with van der Waals surface area (Å²) < 4.78 is 17.3. The summed E-state index contributed by atoms with van der Waals surface area (Å²) in [6.07, 6.45) is 0. The number of thioether (sulfide) groups is 1. The normalized spacial score (nSPS) is 9.89. The molecule has 1 aromatic carbocycles. The van der Waals surface area contributed by atoms with Gasteiger partial charge in [-0.25, -0.2) is 4.39 Å². The SMILES string of the molecule is CCOC(=O)CNC(=O)CSc1ccc(F)cc1. The van der Waals surface area contributed by atoms with Gasteiger partial charge in [-0.1, -0.05) is 0 Å². The van der Waals surface area contributed by atoms with Gasteiger partial charge in [0, 0.05) is 4.90 Å². The Kier molecular flexibility index (Phi) is 6.21. The minimum atomic E-state index is -0.461. The van der Waals surface area contributed by atoms with Crippen LogP contribution in [0.5, 0.6) is 0 Å². The van der Waals surface area contributed by atoms with Gasteiger partial charge in [-0.05, 0) is 31.2 Å². The van der Waals surface area contributed by atoms with Crippen LogP contribution in [-0.2, 0) is 14.3 Å². The number of amides is 1. The molecule has 0 radical (unpaired) electrons. The minimum absolute atomic E-state index is 0.128. The number of benzene rings is 1. The predicted molar refractivity (Wildman–Crippen MR) is 66.8 cm³/mol. The second-order valence-corrected chi connectivity index (χ2v) is 4.37. The van der Waals surface area contributed by atoms with Gasteiger partial charge in [0.2, 0.25) is 5.91 Å². The fraction of sp³-hybridized carbons (Fsp3) is 0.333. The van der Waals surface area contributed by atoms with Crippen LogP contribution in [0.25, 0.3) is 0 Å². The van der Waals surface area contributed by atoms with Crippen molar-refractivity contribution in [1.82, 2.24) is 5.32 Å². The molecule has 0 unspecified atom stereocenters. The topological polar surface area (TPSA) is 55.4 Å². The van der Waals surface area contributed by atoms with Gasteiger partial charge in [-0.3, -0.25) is 9.59 Å². The zero-order chi connectivity index (χ0) is 13.4. The van der Waals surface area contributed by atoms with Crippen molar-refractivity contribution in [3.8, 4) is 0 Å². The van der Waals surface area contributed by atoms with Gasteiger partial charge in [0.1, 0.15) is 12.4 Å². The van der Waals surface area contributed by atoms with E-state index in [0.29, 0.717) is 6.61 Å². The van der Waals surface area contributed by atoms with Crippen LogP contribution in [0, 0.1) is 5.82 Å². The van der Waals surface area contributed by atoms with Crippen molar-refractivity contribution in [2.24, 2.45) is 0 Å². The summed E-state index contributed by atoms with van der Waals surface area (Å²) in [5.74, 6) is -0.869. The van der Waals surface area contributed by atoms with E-state index in [1.807, 2.05) is 0 Å².